The molecule has 180 valence electrons. The molecule has 0 unspecified atom stereocenters. The standard InChI is InChI=1S/C26H30N2O4S2/c29-25(15-10-19-6-4-5-7-19)27-26-28(23-17-34(30,31)18-24(23)33-26)21-11-13-22(14-12-21)32-16-20-8-2-1-3-9-20/h1-3,8-9,11-14,19,23-24H,4-7,10,15-18H2/t23-,24-/m0/s1. The van der Waals surface area contributed by atoms with Crippen LogP contribution in [0.4, 0.5) is 5.69 Å². The Labute approximate surface area is 205 Å². The van der Waals surface area contributed by atoms with Gasteiger partial charge in [0.2, 0.25) is 5.91 Å². The molecule has 6 nitrogen and oxygen atoms in total. The van der Waals surface area contributed by atoms with Gasteiger partial charge in [0.15, 0.2) is 15.0 Å². The molecule has 8 heteroatoms. The Morgan fingerprint density at radius 2 is 1.76 bits per heavy atom. The molecular weight excluding hydrogens is 468 g/mol. The predicted molar refractivity (Wildman–Crippen MR) is 137 cm³/mol. The number of amides is 1. The van der Waals surface area contributed by atoms with Crippen LogP contribution in [0.2, 0.25) is 0 Å². The van der Waals surface area contributed by atoms with Crippen LogP contribution >= 0.6 is 11.8 Å². The van der Waals surface area contributed by atoms with Crippen molar-refractivity contribution in [1.29, 1.82) is 0 Å². The quantitative estimate of drug-likeness (QED) is 0.544. The average molecular weight is 499 g/mol. The molecule has 2 saturated heterocycles. The lowest BCUT2D eigenvalue weighted by molar-refractivity contribution is -0.118. The first kappa shape index (κ1) is 23.4. The maximum Gasteiger partial charge on any atom is 0.248 e. The number of benzene rings is 2. The second-order valence-corrected chi connectivity index (χ2v) is 12.8. The van der Waals surface area contributed by atoms with E-state index in [0.717, 1.165) is 23.4 Å². The number of thioether (sulfide) groups is 1. The number of rotatable bonds is 7. The van der Waals surface area contributed by atoms with Gasteiger partial charge in [-0.25, -0.2) is 8.42 Å². The van der Waals surface area contributed by atoms with Gasteiger partial charge in [0, 0.05) is 17.4 Å². The molecule has 2 atom stereocenters. The van der Waals surface area contributed by atoms with Gasteiger partial charge in [-0.1, -0.05) is 67.8 Å². The highest BCUT2D eigenvalue weighted by Gasteiger charge is 2.49. The van der Waals surface area contributed by atoms with Crippen molar-refractivity contribution < 1.29 is 17.9 Å². The van der Waals surface area contributed by atoms with Gasteiger partial charge >= 0.3 is 0 Å². The van der Waals surface area contributed by atoms with E-state index >= 15 is 0 Å². The summed E-state index contributed by atoms with van der Waals surface area (Å²) in [7, 11) is -3.09. The largest absolute Gasteiger partial charge is 0.489 e. The number of anilines is 1. The lowest BCUT2D eigenvalue weighted by atomic mass is 10.0. The molecule has 2 aromatic rings. The molecule has 2 heterocycles. The maximum atomic E-state index is 12.7. The van der Waals surface area contributed by atoms with E-state index in [2.05, 4.69) is 4.99 Å². The van der Waals surface area contributed by atoms with Gasteiger partial charge in [-0.2, -0.15) is 4.99 Å². The van der Waals surface area contributed by atoms with Crippen molar-refractivity contribution in [2.75, 3.05) is 16.4 Å². The number of hydrogen-bond acceptors (Lipinski definition) is 5. The first-order valence-electron chi connectivity index (χ1n) is 12.0. The van der Waals surface area contributed by atoms with Crippen molar-refractivity contribution >= 4 is 38.4 Å². The summed E-state index contributed by atoms with van der Waals surface area (Å²) in [5.74, 6) is 1.49. The molecular formula is C26H30N2O4S2. The van der Waals surface area contributed by atoms with Gasteiger partial charge in [-0.05, 0) is 42.2 Å². The third-order valence-electron chi connectivity index (χ3n) is 6.89. The third kappa shape index (κ3) is 5.49. The first-order chi connectivity index (χ1) is 16.5. The molecule has 1 aliphatic carbocycles. The summed E-state index contributed by atoms with van der Waals surface area (Å²) in [6.45, 7) is 0.477. The van der Waals surface area contributed by atoms with Gasteiger partial charge in [-0.3, -0.25) is 4.79 Å². The molecule has 3 fully saturated rings. The van der Waals surface area contributed by atoms with Gasteiger partial charge in [0.1, 0.15) is 12.4 Å². The number of aliphatic imine (C=N–C) groups is 1. The van der Waals surface area contributed by atoms with E-state index < -0.39 is 9.84 Å². The minimum absolute atomic E-state index is 0.0895. The van der Waals surface area contributed by atoms with Crippen LogP contribution in [0.25, 0.3) is 0 Å². The van der Waals surface area contributed by atoms with Gasteiger partial charge in [0.05, 0.1) is 17.5 Å². The fraction of sp³-hybridized carbons (Fsp3) is 0.462. The maximum absolute atomic E-state index is 12.7. The van der Waals surface area contributed by atoms with E-state index in [1.54, 1.807) is 0 Å². The minimum Gasteiger partial charge on any atom is -0.489 e. The molecule has 1 amide bonds. The number of amidine groups is 1. The topological polar surface area (TPSA) is 76.0 Å². The highest BCUT2D eigenvalue weighted by Crippen LogP contribution is 2.41. The fourth-order valence-corrected chi connectivity index (χ4v) is 9.03. The Kier molecular flexibility index (Phi) is 6.97. The lowest BCUT2D eigenvalue weighted by Crippen LogP contribution is -2.37. The molecule has 0 bridgehead atoms. The molecule has 1 saturated carbocycles. The molecule has 0 spiro atoms. The lowest BCUT2D eigenvalue weighted by Gasteiger charge is -2.24. The number of carbonyl (C=O) groups is 1. The van der Waals surface area contributed by atoms with Crippen LogP contribution in [-0.2, 0) is 21.2 Å². The van der Waals surface area contributed by atoms with Crippen molar-refractivity contribution in [3.05, 3.63) is 60.2 Å². The summed E-state index contributed by atoms with van der Waals surface area (Å²) in [5.41, 5.74) is 1.93. The van der Waals surface area contributed by atoms with Crippen LogP contribution in [0.1, 0.15) is 44.1 Å². The highest BCUT2D eigenvalue weighted by molar-refractivity contribution is 8.16. The summed E-state index contributed by atoms with van der Waals surface area (Å²) < 4.78 is 30.5. The van der Waals surface area contributed by atoms with E-state index in [-0.39, 0.29) is 28.7 Å². The Bertz CT molecular complexity index is 1140. The summed E-state index contributed by atoms with van der Waals surface area (Å²) >= 11 is 1.43. The average Bonchev–Trinajstić information content (AvgIpc) is 3.52. The summed E-state index contributed by atoms with van der Waals surface area (Å²) in [5, 5.41) is 0.527. The Balaban J connectivity index is 1.31. The van der Waals surface area contributed by atoms with Crippen molar-refractivity contribution in [2.45, 2.75) is 56.4 Å². The van der Waals surface area contributed by atoms with Crippen molar-refractivity contribution in [3.63, 3.8) is 0 Å². The highest BCUT2D eigenvalue weighted by atomic mass is 32.2. The van der Waals surface area contributed by atoms with E-state index in [1.807, 2.05) is 59.5 Å². The van der Waals surface area contributed by atoms with Crippen LogP contribution in [0, 0.1) is 5.92 Å². The van der Waals surface area contributed by atoms with Crippen LogP contribution in [0.3, 0.4) is 0 Å². The van der Waals surface area contributed by atoms with E-state index in [4.69, 9.17) is 4.74 Å². The zero-order valence-electron chi connectivity index (χ0n) is 19.1. The van der Waals surface area contributed by atoms with Crippen molar-refractivity contribution in [2.24, 2.45) is 10.9 Å². The Morgan fingerprint density at radius 3 is 2.50 bits per heavy atom. The second kappa shape index (κ2) is 10.1. The first-order valence-corrected chi connectivity index (χ1v) is 14.7. The molecule has 0 aromatic heterocycles. The monoisotopic (exact) mass is 498 g/mol. The predicted octanol–water partition coefficient (Wildman–Crippen LogP) is 4.84. The molecule has 34 heavy (non-hydrogen) atoms. The Hall–Kier alpha value is -2.32. The van der Waals surface area contributed by atoms with E-state index in [0.29, 0.717) is 24.1 Å². The van der Waals surface area contributed by atoms with Crippen molar-refractivity contribution in [1.82, 2.24) is 0 Å². The number of ether oxygens (including phenoxy) is 1. The molecule has 0 N–H and O–H groups in total. The molecule has 3 aliphatic rings. The van der Waals surface area contributed by atoms with Crippen molar-refractivity contribution in [3.8, 4) is 5.75 Å². The Morgan fingerprint density at radius 1 is 1.03 bits per heavy atom. The van der Waals surface area contributed by atoms with E-state index in [9.17, 15) is 13.2 Å². The van der Waals surface area contributed by atoms with Gasteiger partial charge in [0.25, 0.3) is 0 Å². The minimum atomic E-state index is -3.09. The third-order valence-corrected chi connectivity index (χ3v) is 10.1. The summed E-state index contributed by atoms with van der Waals surface area (Å²) in [4.78, 5) is 19.1. The van der Waals surface area contributed by atoms with E-state index in [1.165, 1.54) is 37.4 Å². The van der Waals surface area contributed by atoms with Gasteiger partial charge in [-0.15, -0.1) is 0 Å². The van der Waals surface area contributed by atoms with Crippen LogP contribution < -0.4 is 9.64 Å². The summed E-state index contributed by atoms with van der Waals surface area (Å²) in [6, 6.07) is 17.4. The normalized spacial score (nSPS) is 25.1. The fourth-order valence-electron chi connectivity index (χ4n) is 5.10. The number of nitrogens with zero attached hydrogens (tertiary/aromatic N) is 2. The molecule has 2 aliphatic heterocycles. The molecule has 5 rings (SSSR count). The van der Waals surface area contributed by atoms with Crippen LogP contribution in [0.15, 0.2) is 59.6 Å². The zero-order chi connectivity index (χ0) is 23.5. The number of fused-ring (bicyclic) bond motifs is 1. The number of hydrogen-bond donors (Lipinski definition) is 0. The SMILES string of the molecule is O=C(CCC1CCCC1)N=C1S[C@H]2CS(=O)(=O)C[C@@H]2N1c1ccc(OCc2ccccc2)cc1. The summed E-state index contributed by atoms with van der Waals surface area (Å²) in [6.07, 6.45) is 6.31. The smallest absolute Gasteiger partial charge is 0.248 e. The molecule has 0 radical (unpaired) electrons. The molecule has 2 aromatic carbocycles. The number of carbonyl (C=O) groups excluding carboxylic acids is 1. The number of sulfone groups is 1. The van der Waals surface area contributed by atoms with Gasteiger partial charge < -0.3 is 9.64 Å². The van der Waals surface area contributed by atoms with Crippen LogP contribution in [0.5, 0.6) is 5.75 Å². The zero-order valence-corrected chi connectivity index (χ0v) is 20.8. The second-order valence-electron chi connectivity index (χ2n) is 9.42. The van der Waals surface area contributed by atoms with Crippen LogP contribution in [-0.4, -0.2) is 42.3 Å².